The summed E-state index contributed by atoms with van der Waals surface area (Å²) in [4.78, 5) is 25.4. The standard InChI is InChI=1S/C23H27N5O3/c1-13-19(23(29)28-15-7-8-24-10-15)21-22(27-13)20(25-12-26-21)17-6-5-16(30-2)9-18(17)31-11-14-3-4-14/h5-6,9,12,14-15,24,27H,3-4,7-8,10-11H2,1-2H3,(H,28,29)/t15-/m1/s1. The summed E-state index contributed by atoms with van der Waals surface area (Å²) in [6.07, 6.45) is 4.86. The van der Waals surface area contributed by atoms with Gasteiger partial charge in [-0.3, -0.25) is 4.79 Å². The molecule has 0 unspecified atom stereocenters. The summed E-state index contributed by atoms with van der Waals surface area (Å²) in [6, 6.07) is 5.87. The van der Waals surface area contributed by atoms with E-state index in [4.69, 9.17) is 9.47 Å². The molecule has 2 aromatic heterocycles. The minimum absolute atomic E-state index is 0.109. The van der Waals surface area contributed by atoms with Gasteiger partial charge in [-0.1, -0.05) is 0 Å². The van der Waals surface area contributed by atoms with Crippen LogP contribution >= 0.6 is 0 Å². The molecular weight excluding hydrogens is 394 g/mol. The van der Waals surface area contributed by atoms with E-state index in [-0.39, 0.29) is 11.9 Å². The van der Waals surface area contributed by atoms with Gasteiger partial charge in [-0.15, -0.1) is 0 Å². The molecule has 1 aliphatic carbocycles. The van der Waals surface area contributed by atoms with Gasteiger partial charge >= 0.3 is 0 Å². The number of nitrogens with one attached hydrogen (secondary N) is 3. The van der Waals surface area contributed by atoms with Crippen LogP contribution in [0.5, 0.6) is 11.5 Å². The molecule has 31 heavy (non-hydrogen) atoms. The van der Waals surface area contributed by atoms with Crippen molar-refractivity contribution in [2.75, 3.05) is 26.8 Å². The summed E-state index contributed by atoms with van der Waals surface area (Å²) in [6.45, 7) is 4.29. The average Bonchev–Trinajstić information content (AvgIpc) is 3.34. The molecule has 0 spiro atoms. The van der Waals surface area contributed by atoms with Crippen LogP contribution in [0.4, 0.5) is 0 Å². The number of aromatic nitrogens is 3. The van der Waals surface area contributed by atoms with Crippen molar-refractivity contribution in [3.63, 3.8) is 0 Å². The molecule has 5 rings (SSSR count). The molecule has 2 aliphatic rings. The van der Waals surface area contributed by atoms with Crippen molar-refractivity contribution in [2.24, 2.45) is 5.92 Å². The van der Waals surface area contributed by atoms with Crippen molar-refractivity contribution in [3.8, 4) is 22.8 Å². The zero-order chi connectivity index (χ0) is 21.4. The van der Waals surface area contributed by atoms with Crippen LogP contribution in [-0.2, 0) is 0 Å². The number of benzene rings is 1. The van der Waals surface area contributed by atoms with Crippen molar-refractivity contribution in [2.45, 2.75) is 32.2 Å². The number of rotatable bonds is 7. The van der Waals surface area contributed by atoms with Crippen LogP contribution in [0.15, 0.2) is 24.5 Å². The Morgan fingerprint density at radius 2 is 2.13 bits per heavy atom. The van der Waals surface area contributed by atoms with E-state index < -0.39 is 0 Å². The quantitative estimate of drug-likeness (QED) is 0.542. The Balaban J connectivity index is 1.54. The maximum absolute atomic E-state index is 13.0. The third-order valence-corrected chi connectivity index (χ3v) is 6.01. The number of fused-ring (bicyclic) bond motifs is 1. The van der Waals surface area contributed by atoms with E-state index in [0.717, 1.165) is 47.8 Å². The fraction of sp³-hybridized carbons (Fsp3) is 0.435. The van der Waals surface area contributed by atoms with Crippen LogP contribution in [-0.4, -0.2) is 53.7 Å². The van der Waals surface area contributed by atoms with Crippen molar-refractivity contribution in [1.82, 2.24) is 25.6 Å². The van der Waals surface area contributed by atoms with Crippen LogP contribution in [0.2, 0.25) is 0 Å². The second-order valence-electron chi connectivity index (χ2n) is 8.35. The molecule has 162 valence electrons. The maximum atomic E-state index is 13.0. The van der Waals surface area contributed by atoms with Gasteiger partial charge in [0, 0.05) is 29.9 Å². The van der Waals surface area contributed by atoms with Gasteiger partial charge in [-0.05, 0) is 50.8 Å². The first-order chi connectivity index (χ1) is 15.1. The molecule has 1 saturated heterocycles. The Morgan fingerprint density at radius 3 is 2.87 bits per heavy atom. The van der Waals surface area contributed by atoms with Gasteiger partial charge in [0.05, 0.1) is 24.8 Å². The summed E-state index contributed by atoms with van der Waals surface area (Å²) < 4.78 is 11.5. The lowest BCUT2D eigenvalue weighted by atomic mass is 10.1. The maximum Gasteiger partial charge on any atom is 0.255 e. The topological polar surface area (TPSA) is 101 Å². The number of methoxy groups -OCH3 is 1. The van der Waals surface area contributed by atoms with Crippen molar-refractivity contribution >= 4 is 16.9 Å². The number of aryl methyl sites for hydroxylation is 1. The van der Waals surface area contributed by atoms with Crippen LogP contribution in [0.1, 0.15) is 35.3 Å². The zero-order valence-electron chi connectivity index (χ0n) is 17.8. The first-order valence-electron chi connectivity index (χ1n) is 10.8. The fourth-order valence-corrected chi connectivity index (χ4v) is 4.08. The normalized spacial score (nSPS) is 18.3. The van der Waals surface area contributed by atoms with Crippen LogP contribution in [0, 0.1) is 12.8 Å². The molecule has 1 aromatic carbocycles. The van der Waals surface area contributed by atoms with E-state index in [1.807, 2.05) is 25.1 Å². The van der Waals surface area contributed by atoms with Gasteiger partial charge in [0.15, 0.2) is 0 Å². The molecule has 1 amide bonds. The second-order valence-corrected chi connectivity index (χ2v) is 8.35. The highest BCUT2D eigenvalue weighted by Gasteiger charge is 2.26. The molecule has 2 fully saturated rings. The Hall–Kier alpha value is -3.13. The number of hydrogen-bond acceptors (Lipinski definition) is 6. The minimum atomic E-state index is -0.109. The molecule has 1 atom stereocenters. The van der Waals surface area contributed by atoms with Crippen molar-refractivity contribution in [3.05, 3.63) is 35.8 Å². The third kappa shape index (κ3) is 3.95. The molecule has 3 aromatic rings. The van der Waals surface area contributed by atoms with E-state index in [1.54, 1.807) is 7.11 Å². The van der Waals surface area contributed by atoms with Gasteiger partial charge < -0.3 is 25.1 Å². The Morgan fingerprint density at radius 1 is 1.26 bits per heavy atom. The minimum Gasteiger partial charge on any atom is -0.497 e. The second kappa shape index (κ2) is 8.19. The van der Waals surface area contributed by atoms with Gasteiger partial charge in [0.1, 0.15) is 29.0 Å². The predicted octanol–water partition coefficient (Wildman–Crippen LogP) is 2.82. The van der Waals surface area contributed by atoms with E-state index in [0.29, 0.717) is 29.3 Å². The lowest BCUT2D eigenvalue weighted by Crippen LogP contribution is -2.36. The molecule has 1 saturated carbocycles. The molecule has 0 bridgehead atoms. The highest BCUT2D eigenvalue weighted by atomic mass is 16.5. The van der Waals surface area contributed by atoms with Gasteiger partial charge in [-0.2, -0.15) is 0 Å². The summed E-state index contributed by atoms with van der Waals surface area (Å²) in [5, 5.41) is 6.39. The lowest BCUT2D eigenvalue weighted by molar-refractivity contribution is 0.0941. The number of carbonyl (C=O) groups excluding carboxylic acids is 1. The molecular formula is C23H27N5O3. The Labute approximate surface area is 180 Å². The van der Waals surface area contributed by atoms with Crippen LogP contribution in [0.3, 0.4) is 0 Å². The molecule has 3 N–H and O–H groups in total. The number of aromatic amines is 1. The van der Waals surface area contributed by atoms with Gasteiger partial charge in [0.2, 0.25) is 0 Å². The SMILES string of the molecule is COc1ccc(-c2ncnc3c(C(=O)N[C@@H]4CCNC4)c(C)[nH]c23)c(OCC2CC2)c1. The summed E-state index contributed by atoms with van der Waals surface area (Å²) in [5.74, 6) is 1.97. The Kier molecular flexibility index (Phi) is 5.23. The summed E-state index contributed by atoms with van der Waals surface area (Å²) in [5.41, 5.74) is 4.25. The highest BCUT2D eigenvalue weighted by Crippen LogP contribution is 2.38. The van der Waals surface area contributed by atoms with Gasteiger partial charge in [0.25, 0.3) is 5.91 Å². The molecule has 1 aliphatic heterocycles. The van der Waals surface area contributed by atoms with Crippen molar-refractivity contribution in [1.29, 1.82) is 0 Å². The molecule has 3 heterocycles. The Bertz CT molecular complexity index is 1120. The number of carbonyl (C=O) groups is 1. The summed E-state index contributed by atoms with van der Waals surface area (Å²) in [7, 11) is 1.64. The zero-order valence-corrected chi connectivity index (χ0v) is 17.8. The molecule has 8 nitrogen and oxygen atoms in total. The molecule has 0 radical (unpaired) electrons. The highest BCUT2D eigenvalue weighted by molar-refractivity contribution is 6.09. The number of hydrogen-bond donors (Lipinski definition) is 3. The van der Waals surface area contributed by atoms with Gasteiger partial charge in [-0.25, -0.2) is 9.97 Å². The number of nitrogens with zero attached hydrogens (tertiary/aromatic N) is 2. The fourth-order valence-electron chi connectivity index (χ4n) is 4.08. The van der Waals surface area contributed by atoms with E-state index >= 15 is 0 Å². The van der Waals surface area contributed by atoms with E-state index in [1.165, 1.54) is 19.2 Å². The average molecular weight is 422 g/mol. The molecule has 8 heteroatoms. The number of H-pyrrole nitrogens is 1. The first-order valence-corrected chi connectivity index (χ1v) is 10.8. The number of amides is 1. The van der Waals surface area contributed by atoms with E-state index in [2.05, 4.69) is 25.6 Å². The monoisotopic (exact) mass is 421 g/mol. The third-order valence-electron chi connectivity index (χ3n) is 6.01. The number of ether oxygens (including phenoxy) is 2. The largest absolute Gasteiger partial charge is 0.497 e. The van der Waals surface area contributed by atoms with E-state index in [9.17, 15) is 4.79 Å². The van der Waals surface area contributed by atoms with Crippen LogP contribution < -0.4 is 20.1 Å². The smallest absolute Gasteiger partial charge is 0.255 e. The summed E-state index contributed by atoms with van der Waals surface area (Å²) >= 11 is 0. The lowest BCUT2D eigenvalue weighted by Gasteiger charge is -2.13. The van der Waals surface area contributed by atoms with Crippen molar-refractivity contribution < 1.29 is 14.3 Å². The first kappa shape index (κ1) is 19.8. The predicted molar refractivity (Wildman–Crippen MR) is 118 cm³/mol. The van der Waals surface area contributed by atoms with Crippen LogP contribution in [0.25, 0.3) is 22.3 Å².